The van der Waals surface area contributed by atoms with Gasteiger partial charge >= 0.3 is 0 Å². The summed E-state index contributed by atoms with van der Waals surface area (Å²) in [5.74, 6) is 0.0767. The normalized spacial score (nSPS) is 10.4. The predicted octanol–water partition coefficient (Wildman–Crippen LogP) is 1.08. The van der Waals surface area contributed by atoms with Gasteiger partial charge in [-0.2, -0.15) is 0 Å². The molecule has 0 aromatic carbocycles. The summed E-state index contributed by atoms with van der Waals surface area (Å²) in [6.07, 6.45) is 2.86. The fraction of sp³-hybridized carbons (Fsp3) is 0.846. The fourth-order valence-electron chi connectivity index (χ4n) is 1.32. The van der Waals surface area contributed by atoms with Crippen LogP contribution in [0, 0.1) is 5.92 Å². The molecule has 0 aliphatic rings. The minimum Gasteiger partial charge on any atom is -0.372 e. The van der Waals surface area contributed by atoms with Crippen LogP contribution < -0.4 is 10.6 Å². The Balaban J connectivity index is 3.26. The quantitative estimate of drug-likeness (QED) is 0.576. The number of carbonyl (C=O) groups excluding carboxylic acids is 2. The Kier molecular flexibility index (Phi) is 10.3. The van der Waals surface area contributed by atoms with Crippen molar-refractivity contribution in [3.05, 3.63) is 0 Å². The molecule has 2 amide bonds. The molecule has 0 spiro atoms. The highest BCUT2D eigenvalue weighted by atomic mass is 16.5. The molecule has 106 valence electrons. The van der Waals surface area contributed by atoms with E-state index in [1.54, 1.807) is 0 Å². The lowest BCUT2D eigenvalue weighted by atomic mass is 10.2. The zero-order valence-corrected chi connectivity index (χ0v) is 11.8. The van der Waals surface area contributed by atoms with Crippen molar-refractivity contribution >= 4 is 11.8 Å². The Morgan fingerprint density at radius 1 is 1.06 bits per heavy atom. The van der Waals surface area contributed by atoms with Crippen LogP contribution in [0.4, 0.5) is 0 Å². The van der Waals surface area contributed by atoms with Crippen molar-refractivity contribution in [2.45, 2.75) is 40.0 Å². The van der Waals surface area contributed by atoms with Crippen LogP contribution in [0.15, 0.2) is 0 Å². The van der Waals surface area contributed by atoms with Crippen molar-refractivity contribution in [3.63, 3.8) is 0 Å². The molecule has 0 saturated heterocycles. The summed E-state index contributed by atoms with van der Waals surface area (Å²) in [6, 6.07) is 0. The third-order valence-electron chi connectivity index (χ3n) is 2.44. The first-order valence-corrected chi connectivity index (χ1v) is 6.70. The largest absolute Gasteiger partial charge is 0.372 e. The highest BCUT2D eigenvalue weighted by Crippen LogP contribution is 1.95. The van der Waals surface area contributed by atoms with Gasteiger partial charge in [0.2, 0.25) is 11.8 Å². The van der Waals surface area contributed by atoms with Crippen LogP contribution in [-0.2, 0) is 14.3 Å². The summed E-state index contributed by atoms with van der Waals surface area (Å²) in [4.78, 5) is 22.4. The molecule has 0 aromatic heterocycles. The van der Waals surface area contributed by atoms with Crippen LogP contribution in [0.3, 0.4) is 0 Å². The highest BCUT2D eigenvalue weighted by Gasteiger charge is 2.04. The molecule has 5 nitrogen and oxygen atoms in total. The van der Waals surface area contributed by atoms with E-state index in [-0.39, 0.29) is 24.3 Å². The van der Waals surface area contributed by atoms with Crippen molar-refractivity contribution < 1.29 is 14.3 Å². The number of ether oxygens (including phenoxy) is 1. The minimum atomic E-state index is -0.0649. The third-order valence-corrected chi connectivity index (χ3v) is 2.44. The van der Waals surface area contributed by atoms with E-state index in [0.717, 1.165) is 19.3 Å². The van der Waals surface area contributed by atoms with Gasteiger partial charge in [-0.3, -0.25) is 9.59 Å². The number of rotatable bonds is 10. The van der Waals surface area contributed by atoms with Crippen LogP contribution >= 0.6 is 0 Å². The second kappa shape index (κ2) is 11.0. The van der Waals surface area contributed by atoms with Crippen molar-refractivity contribution in [2.75, 3.05) is 26.3 Å². The molecule has 0 fully saturated rings. The molecular formula is C13H26N2O3. The van der Waals surface area contributed by atoms with Crippen molar-refractivity contribution in [1.82, 2.24) is 10.6 Å². The lowest BCUT2D eigenvalue weighted by Crippen LogP contribution is -2.29. The van der Waals surface area contributed by atoms with Gasteiger partial charge in [-0.05, 0) is 26.2 Å². The van der Waals surface area contributed by atoms with E-state index in [0.29, 0.717) is 19.7 Å². The molecule has 0 radical (unpaired) electrons. The molecule has 0 saturated carbocycles. The summed E-state index contributed by atoms with van der Waals surface area (Å²) in [7, 11) is 0. The zero-order chi connectivity index (χ0) is 13.8. The maximum absolute atomic E-state index is 11.2. The summed E-state index contributed by atoms with van der Waals surface area (Å²) < 4.78 is 4.98. The first kappa shape index (κ1) is 16.9. The molecule has 5 heteroatoms. The minimum absolute atomic E-state index is 0.0443. The Morgan fingerprint density at radius 2 is 1.67 bits per heavy atom. The van der Waals surface area contributed by atoms with E-state index in [4.69, 9.17) is 4.74 Å². The van der Waals surface area contributed by atoms with Crippen LogP contribution in [-0.4, -0.2) is 38.1 Å². The van der Waals surface area contributed by atoms with E-state index in [9.17, 15) is 9.59 Å². The standard InChI is InChI=1S/C13H26N2O3/c1-4-18-10-12(16)14-8-6-5-7-9-15-13(17)11(2)3/h11H,4-10H2,1-3H3,(H,14,16)(H,15,17). The summed E-state index contributed by atoms with van der Waals surface area (Å²) in [5, 5.41) is 5.65. The molecule has 0 aliphatic heterocycles. The Labute approximate surface area is 110 Å². The predicted molar refractivity (Wildman–Crippen MR) is 71.2 cm³/mol. The van der Waals surface area contributed by atoms with Gasteiger partial charge < -0.3 is 15.4 Å². The second-order valence-corrected chi connectivity index (χ2v) is 4.49. The molecular weight excluding hydrogens is 232 g/mol. The van der Waals surface area contributed by atoms with Gasteiger partial charge in [0.1, 0.15) is 6.61 Å². The maximum atomic E-state index is 11.2. The Morgan fingerprint density at radius 3 is 2.22 bits per heavy atom. The number of hydrogen-bond acceptors (Lipinski definition) is 3. The SMILES string of the molecule is CCOCC(=O)NCCCCCNC(=O)C(C)C. The number of unbranched alkanes of at least 4 members (excludes halogenated alkanes) is 2. The zero-order valence-electron chi connectivity index (χ0n) is 11.8. The molecule has 18 heavy (non-hydrogen) atoms. The molecule has 0 rings (SSSR count). The molecule has 0 unspecified atom stereocenters. The van der Waals surface area contributed by atoms with Gasteiger partial charge in [-0.1, -0.05) is 13.8 Å². The molecule has 0 aliphatic carbocycles. The van der Waals surface area contributed by atoms with Gasteiger partial charge in [0.05, 0.1) is 0 Å². The van der Waals surface area contributed by atoms with Crippen LogP contribution in [0.5, 0.6) is 0 Å². The molecule has 0 bridgehead atoms. The topological polar surface area (TPSA) is 67.4 Å². The van der Waals surface area contributed by atoms with Crippen molar-refractivity contribution in [1.29, 1.82) is 0 Å². The van der Waals surface area contributed by atoms with E-state index in [1.165, 1.54) is 0 Å². The van der Waals surface area contributed by atoms with Gasteiger partial charge in [0.25, 0.3) is 0 Å². The smallest absolute Gasteiger partial charge is 0.245 e. The summed E-state index contributed by atoms with van der Waals surface area (Å²) >= 11 is 0. The van der Waals surface area contributed by atoms with E-state index in [1.807, 2.05) is 20.8 Å². The first-order valence-electron chi connectivity index (χ1n) is 6.70. The molecule has 2 N–H and O–H groups in total. The van der Waals surface area contributed by atoms with E-state index < -0.39 is 0 Å². The van der Waals surface area contributed by atoms with Gasteiger partial charge in [0, 0.05) is 25.6 Å². The average molecular weight is 258 g/mol. The van der Waals surface area contributed by atoms with E-state index >= 15 is 0 Å². The Bertz CT molecular complexity index is 242. The fourth-order valence-corrected chi connectivity index (χ4v) is 1.32. The van der Waals surface area contributed by atoms with Crippen LogP contribution in [0.25, 0.3) is 0 Å². The van der Waals surface area contributed by atoms with Crippen molar-refractivity contribution in [3.8, 4) is 0 Å². The average Bonchev–Trinajstić information content (AvgIpc) is 2.34. The summed E-state index contributed by atoms with van der Waals surface area (Å²) in [5.41, 5.74) is 0. The third kappa shape index (κ3) is 10.1. The number of hydrogen-bond donors (Lipinski definition) is 2. The highest BCUT2D eigenvalue weighted by molar-refractivity contribution is 5.77. The first-order chi connectivity index (χ1) is 8.57. The summed E-state index contributed by atoms with van der Waals surface area (Å²) in [6.45, 7) is 7.70. The van der Waals surface area contributed by atoms with E-state index in [2.05, 4.69) is 10.6 Å². The Hall–Kier alpha value is -1.10. The van der Waals surface area contributed by atoms with Gasteiger partial charge in [-0.15, -0.1) is 0 Å². The monoisotopic (exact) mass is 258 g/mol. The van der Waals surface area contributed by atoms with Gasteiger partial charge in [-0.25, -0.2) is 0 Å². The lowest BCUT2D eigenvalue weighted by Gasteiger charge is -2.08. The number of amides is 2. The van der Waals surface area contributed by atoms with Crippen LogP contribution in [0.1, 0.15) is 40.0 Å². The van der Waals surface area contributed by atoms with Crippen molar-refractivity contribution in [2.24, 2.45) is 5.92 Å². The molecule has 0 atom stereocenters. The molecule has 0 aromatic rings. The molecule has 0 heterocycles. The van der Waals surface area contributed by atoms with Crippen LogP contribution in [0.2, 0.25) is 0 Å². The number of carbonyl (C=O) groups is 2. The lowest BCUT2D eigenvalue weighted by molar-refractivity contribution is -0.125. The number of nitrogens with one attached hydrogen (secondary N) is 2. The maximum Gasteiger partial charge on any atom is 0.245 e. The second-order valence-electron chi connectivity index (χ2n) is 4.49. The van der Waals surface area contributed by atoms with Gasteiger partial charge in [0.15, 0.2) is 0 Å².